The maximum Gasteiger partial charge on any atom is 0.248 e. The van der Waals surface area contributed by atoms with Crippen LogP contribution in [0.3, 0.4) is 0 Å². The third-order valence-corrected chi connectivity index (χ3v) is 4.14. The van der Waals surface area contributed by atoms with E-state index < -0.39 is 0 Å². The molecule has 1 amide bonds. The van der Waals surface area contributed by atoms with Crippen molar-refractivity contribution in [2.24, 2.45) is 0 Å². The van der Waals surface area contributed by atoms with Gasteiger partial charge in [-0.3, -0.25) is 4.79 Å². The van der Waals surface area contributed by atoms with E-state index in [1.165, 1.54) is 11.6 Å². The minimum absolute atomic E-state index is 0.223. The van der Waals surface area contributed by atoms with E-state index in [1.807, 2.05) is 26.0 Å². The van der Waals surface area contributed by atoms with Crippen LogP contribution in [0.1, 0.15) is 22.5 Å². The molecule has 0 unspecified atom stereocenters. The second-order valence-corrected chi connectivity index (χ2v) is 6.21. The summed E-state index contributed by atoms with van der Waals surface area (Å²) in [6, 6.07) is 11.4. The molecule has 0 saturated carbocycles. The number of benzene rings is 2. The summed E-state index contributed by atoms with van der Waals surface area (Å²) in [5.74, 6) is 1.00. The van der Waals surface area contributed by atoms with Crippen molar-refractivity contribution in [1.82, 2.24) is 20.2 Å². The number of ether oxygens (including phenoxy) is 1. The number of carbonyl (C=O) groups is 1. The summed E-state index contributed by atoms with van der Waals surface area (Å²) in [6.45, 7) is 5.85. The third-order valence-electron chi connectivity index (χ3n) is 4.14. The van der Waals surface area contributed by atoms with Crippen LogP contribution in [0.4, 0.5) is 5.69 Å². The summed E-state index contributed by atoms with van der Waals surface area (Å²) in [5, 5.41) is 14.3. The van der Waals surface area contributed by atoms with E-state index in [1.54, 1.807) is 43.0 Å². The molecule has 1 N–H and O–H groups in total. The Morgan fingerprint density at radius 2 is 1.96 bits per heavy atom. The summed E-state index contributed by atoms with van der Waals surface area (Å²) >= 11 is 0. The largest absolute Gasteiger partial charge is 0.494 e. The summed E-state index contributed by atoms with van der Waals surface area (Å²) in [7, 11) is 1.57. The lowest BCUT2D eigenvalue weighted by atomic mass is 10.1. The van der Waals surface area contributed by atoms with Crippen LogP contribution in [-0.4, -0.2) is 33.2 Å². The molecule has 138 valence electrons. The van der Waals surface area contributed by atoms with Crippen molar-refractivity contribution in [3.05, 3.63) is 65.0 Å². The molecule has 0 bridgehead atoms. The first-order valence-corrected chi connectivity index (χ1v) is 8.47. The molecule has 0 aliphatic heterocycles. The molecule has 1 aromatic heterocycles. The van der Waals surface area contributed by atoms with Crippen molar-refractivity contribution in [1.29, 1.82) is 0 Å². The first kappa shape index (κ1) is 18.3. The molecule has 7 heteroatoms. The second kappa shape index (κ2) is 7.82. The van der Waals surface area contributed by atoms with Gasteiger partial charge in [0.1, 0.15) is 11.4 Å². The van der Waals surface area contributed by atoms with E-state index in [0.717, 1.165) is 11.1 Å². The van der Waals surface area contributed by atoms with Crippen molar-refractivity contribution in [2.45, 2.75) is 20.8 Å². The molecule has 3 rings (SSSR count). The molecule has 27 heavy (non-hydrogen) atoms. The average Bonchev–Trinajstić information content (AvgIpc) is 3.06. The summed E-state index contributed by atoms with van der Waals surface area (Å²) in [6.07, 6.45) is 3.32. The Bertz CT molecular complexity index is 1010. The van der Waals surface area contributed by atoms with E-state index in [-0.39, 0.29) is 5.91 Å². The van der Waals surface area contributed by atoms with Crippen molar-refractivity contribution in [2.75, 3.05) is 12.4 Å². The zero-order valence-corrected chi connectivity index (χ0v) is 15.7. The predicted octanol–water partition coefficient (Wildman–Crippen LogP) is 3.25. The molecule has 2 aromatic carbocycles. The van der Waals surface area contributed by atoms with Crippen LogP contribution in [0.5, 0.6) is 5.75 Å². The molecule has 0 spiro atoms. The van der Waals surface area contributed by atoms with Gasteiger partial charge in [0.25, 0.3) is 0 Å². The van der Waals surface area contributed by atoms with Crippen LogP contribution in [0.15, 0.2) is 42.5 Å². The van der Waals surface area contributed by atoms with Crippen LogP contribution in [0, 0.1) is 20.8 Å². The minimum atomic E-state index is -0.223. The van der Waals surface area contributed by atoms with Gasteiger partial charge in [-0.25, -0.2) is 0 Å². The Morgan fingerprint density at radius 3 is 2.63 bits per heavy atom. The summed E-state index contributed by atoms with van der Waals surface area (Å²) in [5.41, 5.74) is 4.60. The molecular weight excluding hydrogens is 342 g/mol. The number of aromatic nitrogens is 4. The Balaban J connectivity index is 1.80. The minimum Gasteiger partial charge on any atom is -0.494 e. The number of tetrazole rings is 1. The quantitative estimate of drug-likeness (QED) is 0.704. The fraction of sp³-hybridized carbons (Fsp3) is 0.200. The van der Waals surface area contributed by atoms with Crippen LogP contribution < -0.4 is 10.1 Å². The van der Waals surface area contributed by atoms with Crippen molar-refractivity contribution in [3.8, 4) is 11.4 Å². The van der Waals surface area contributed by atoms with Gasteiger partial charge >= 0.3 is 0 Å². The van der Waals surface area contributed by atoms with Gasteiger partial charge in [-0.2, -0.15) is 4.68 Å². The van der Waals surface area contributed by atoms with Gasteiger partial charge in [-0.05, 0) is 66.6 Å². The SMILES string of the molecule is COc1ccc(NC(=O)/C=C/c2ccc(C)cc2C)cc1-n1nnnc1C. The highest BCUT2D eigenvalue weighted by atomic mass is 16.5. The van der Waals surface area contributed by atoms with Gasteiger partial charge in [0, 0.05) is 11.8 Å². The number of hydrogen-bond donors (Lipinski definition) is 1. The van der Waals surface area contributed by atoms with Gasteiger partial charge in [0.05, 0.1) is 7.11 Å². The molecule has 0 atom stereocenters. The number of methoxy groups -OCH3 is 1. The number of anilines is 1. The molecule has 0 saturated heterocycles. The zero-order valence-electron chi connectivity index (χ0n) is 15.7. The van der Waals surface area contributed by atoms with Gasteiger partial charge in [0.15, 0.2) is 5.82 Å². The lowest BCUT2D eigenvalue weighted by molar-refractivity contribution is -0.111. The number of aryl methyl sites for hydroxylation is 3. The Morgan fingerprint density at radius 1 is 1.15 bits per heavy atom. The fourth-order valence-corrected chi connectivity index (χ4v) is 2.75. The smallest absolute Gasteiger partial charge is 0.248 e. The fourth-order valence-electron chi connectivity index (χ4n) is 2.75. The normalized spacial score (nSPS) is 11.0. The van der Waals surface area contributed by atoms with Gasteiger partial charge < -0.3 is 10.1 Å². The number of nitrogens with one attached hydrogen (secondary N) is 1. The predicted molar refractivity (Wildman–Crippen MR) is 104 cm³/mol. The standard InChI is InChI=1S/C20H21N5O2/c1-13-5-6-16(14(2)11-13)7-10-20(26)21-17-8-9-19(27-4)18(12-17)25-15(3)22-23-24-25/h5-12H,1-4H3,(H,21,26)/b10-7+. The first-order chi connectivity index (χ1) is 13.0. The Kier molecular flexibility index (Phi) is 5.30. The van der Waals surface area contributed by atoms with Crippen molar-refractivity contribution >= 4 is 17.7 Å². The van der Waals surface area contributed by atoms with E-state index in [0.29, 0.717) is 22.9 Å². The Labute approximate surface area is 157 Å². The highest BCUT2D eigenvalue weighted by Gasteiger charge is 2.12. The molecule has 0 fully saturated rings. The number of carbonyl (C=O) groups excluding carboxylic acids is 1. The maximum atomic E-state index is 12.3. The molecular formula is C20H21N5O2. The van der Waals surface area contributed by atoms with Crippen LogP contribution in [0.25, 0.3) is 11.8 Å². The molecule has 1 heterocycles. The number of hydrogen-bond acceptors (Lipinski definition) is 5. The number of amides is 1. The highest BCUT2D eigenvalue weighted by Crippen LogP contribution is 2.26. The molecule has 7 nitrogen and oxygen atoms in total. The summed E-state index contributed by atoms with van der Waals surface area (Å²) < 4.78 is 6.92. The van der Waals surface area contributed by atoms with E-state index in [9.17, 15) is 4.79 Å². The molecule has 0 aliphatic rings. The molecule has 3 aromatic rings. The van der Waals surface area contributed by atoms with E-state index in [2.05, 4.69) is 26.9 Å². The monoisotopic (exact) mass is 363 g/mol. The highest BCUT2D eigenvalue weighted by molar-refractivity contribution is 6.02. The van der Waals surface area contributed by atoms with Crippen LogP contribution in [-0.2, 0) is 4.79 Å². The maximum absolute atomic E-state index is 12.3. The van der Waals surface area contributed by atoms with Crippen molar-refractivity contribution in [3.63, 3.8) is 0 Å². The Hall–Kier alpha value is -3.48. The zero-order chi connectivity index (χ0) is 19.4. The lowest BCUT2D eigenvalue weighted by Gasteiger charge is -2.11. The van der Waals surface area contributed by atoms with Crippen molar-refractivity contribution < 1.29 is 9.53 Å². The third kappa shape index (κ3) is 4.20. The van der Waals surface area contributed by atoms with E-state index >= 15 is 0 Å². The van der Waals surface area contributed by atoms with Crippen LogP contribution in [0.2, 0.25) is 0 Å². The van der Waals surface area contributed by atoms with E-state index in [4.69, 9.17) is 4.74 Å². The van der Waals surface area contributed by atoms with Gasteiger partial charge in [-0.1, -0.05) is 23.8 Å². The first-order valence-electron chi connectivity index (χ1n) is 8.47. The number of nitrogens with zero attached hydrogens (tertiary/aromatic N) is 4. The van der Waals surface area contributed by atoms with Gasteiger partial charge in [0.2, 0.25) is 5.91 Å². The van der Waals surface area contributed by atoms with Crippen LogP contribution >= 0.6 is 0 Å². The summed E-state index contributed by atoms with van der Waals surface area (Å²) in [4.78, 5) is 12.3. The lowest BCUT2D eigenvalue weighted by Crippen LogP contribution is -2.09. The average molecular weight is 363 g/mol. The molecule has 0 aliphatic carbocycles. The molecule has 0 radical (unpaired) electrons. The number of rotatable bonds is 5. The van der Waals surface area contributed by atoms with Gasteiger partial charge in [-0.15, -0.1) is 5.10 Å². The topological polar surface area (TPSA) is 81.9 Å². The second-order valence-electron chi connectivity index (χ2n) is 6.21.